The lowest BCUT2D eigenvalue weighted by Crippen LogP contribution is -2.56. The highest BCUT2D eigenvalue weighted by molar-refractivity contribution is 6.01. The zero-order chi connectivity index (χ0) is 45.9. The number of aromatic hydroxyl groups is 1. The SMILES string of the molecule is CCCCCCCCc1ccc(C(=O)N[C@@H](CCN)C(=O)N(C)[C@@H]2C(=O)N[C@@H](C)C(=O)N[C@H](C(=O)NCC#N)Cc3ccc(OCCN)c(c3)-c3cc2ccc3OCCN)c(O)c1. The summed E-state index contributed by atoms with van der Waals surface area (Å²) in [4.78, 5) is 70.8. The number of carbonyl (C=O) groups is 5. The quantitative estimate of drug-likeness (QED) is 0.0567. The van der Waals surface area contributed by atoms with Crippen molar-refractivity contribution in [2.24, 2.45) is 17.2 Å². The summed E-state index contributed by atoms with van der Waals surface area (Å²) in [5.74, 6) is -2.94. The number of likely N-dealkylation sites (N-methyl/N-ethyl adjacent to an activating group) is 1. The molecule has 11 N–H and O–H groups in total. The molecular weight excluding hydrogens is 807 g/mol. The molecule has 1 aliphatic heterocycles. The van der Waals surface area contributed by atoms with Crippen LogP contribution in [-0.4, -0.2) is 104 Å². The molecule has 0 saturated carbocycles. The zero-order valence-corrected chi connectivity index (χ0v) is 36.5. The second-order valence-electron chi connectivity index (χ2n) is 15.6. The van der Waals surface area contributed by atoms with Gasteiger partial charge in [-0.3, -0.25) is 24.0 Å². The minimum atomic E-state index is -1.41. The smallest absolute Gasteiger partial charge is 0.255 e. The van der Waals surface area contributed by atoms with Crippen molar-refractivity contribution in [3.63, 3.8) is 0 Å². The molecule has 4 rings (SSSR count). The molecule has 4 atom stereocenters. The Bertz CT molecular complexity index is 2090. The molecule has 63 heavy (non-hydrogen) atoms. The van der Waals surface area contributed by atoms with Gasteiger partial charge in [-0.2, -0.15) is 5.26 Å². The Morgan fingerprint density at radius 2 is 1.56 bits per heavy atom. The molecule has 0 unspecified atom stereocenters. The lowest BCUT2D eigenvalue weighted by atomic mass is 9.93. The minimum Gasteiger partial charge on any atom is -0.507 e. The number of fused-ring (bicyclic) bond motifs is 5. The number of nitrogens with one attached hydrogen (secondary N) is 4. The Morgan fingerprint density at radius 3 is 2.21 bits per heavy atom. The molecule has 5 amide bonds. The zero-order valence-electron chi connectivity index (χ0n) is 36.5. The number of nitrogens with zero attached hydrogens (tertiary/aromatic N) is 2. The van der Waals surface area contributed by atoms with Gasteiger partial charge in [0.05, 0.1) is 11.6 Å². The maximum Gasteiger partial charge on any atom is 0.255 e. The van der Waals surface area contributed by atoms with Crippen LogP contribution in [-0.2, 0) is 32.0 Å². The third-order valence-corrected chi connectivity index (χ3v) is 10.7. The summed E-state index contributed by atoms with van der Waals surface area (Å²) in [5.41, 5.74) is 20.3. The molecule has 17 nitrogen and oxygen atoms in total. The monoisotopic (exact) mass is 869 g/mol. The number of carbonyl (C=O) groups excluding carboxylic acids is 5. The van der Waals surface area contributed by atoms with E-state index in [4.69, 9.17) is 31.9 Å². The van der Waals surface area contributed by atoms with Crippen molar-refractivity contribution < 1.29 is 38.6 Å². The average molecular weight is 870 g/mol. The van der Waals surface area contributed by atoms with Gasteiger partial charge in [0.15, 0.2) is 0 Å². The van der Waals surface area contributed by atoms with Gasteiger partial charge in [-0.05, 0) is 85.8 Å². The molecule has 0 saturated heterocycles. The van der Waals surface area contributed by atoms with E-state index in [1.165, 1.54) is 39.3 Å². The summed E-state index contributed by atoms with van der Waals surface area (Å²) in [7, 11) is 1.40. The van der Waals surface area contributed by atoms with Crippen LogP contribution in [0.5, 0.6) is 17.2 Å². The van der Waals surface area contributed by atoms with E-state index in [-0.39, 0.29) is 63.5 Å². The Hall–Kier alpha value is -6.22. The number of nitriles is 1. The van der Waals surface area contributed by atoms with Crippen LogP contribution in [0.15, 0.2) is 54.6 Å². The molecule has 3 aromatic rings. The minimum absolute atomic E-state index is 0.00173. The highest BCUT2D eigenvalue weighted by Crippen LogP contribution is 2.40. The number of hydrogen-bond donors (Lipinski definition) is 8. The number of amides is 5. The van der Waals surface area contributed by atoms with Crippen LogP contribution in [0.2, 0.25) is 0 Å². The van der Waals surface area contributed by atoms with E-state index in [9.17, 15) is 29.1 Å². The lowest BCUT2D eigenvalue weighted by Gasteiger charge is -2.32. The number of aryl methyl sites for hydroxylation is 1. The Kier molecular flexibility index (Phi) is 19.6. The van der Waals surface area contributed by atoms with Crippen molar-refractivity contribution in [3.05, 3.63) is 76.9 Å². The standard InChI is InChI=1S/C46H63N9O8/c1-4-5-6-7-8-9-10-30-11-14-33(38(56)27-30)43(58)53-36(17-18-47)46(61)55(3)41-32-13-16-40(63-24-21-50)35(28-32)34-25-31(12-15-39(34)62-23-20-49)26-37(44(59)51-22-19-48)54-42(57)29(2)52-45(41)60/h11-16,25,27-29,36-37,41,56H,4-10,17-18,20-24,26,47,49-50H2,1-3H3,(H,51,59)(H,52,60)(H,53,58)(H,54,57)/t29-,36-,37-,41-/m0/s1. The van der Waals surface area contributed by atoms with Crippen LogP contribution in [0.3, 0.4) is 0 Å². The van der Waals surface area contributed by atoms with Gasteiger partial charge in [-0.25, -0.2) is 0 Å². The summed E-state index contributed by atoms with van der Waals surface area (Å²) >= 11 is 0. The third kappa shape index (κ3) is 13.9. The Labute approximate surface area is 369 Å². The first-order valence-electron chi connectivity index (χ1n) is 21.6. The molecule has 0 aliphatic carbocycles. The van der Waals surface area contributed by atoms with Crippen LogP contribution in [0.1, 0.15) is 91.9 Å². The van der Waals surface area contributed by atoms with Crippen molar-refractivity contribution in [3.8, 4) is 34.4 Å². The Morgan fingerprint density at radius 1 is 0.889 bits per heavy atom. The molecule has 4 bridgehead atoms. The van der Waals surface area contributed by atoms with E-state index in [1.54, 1.807) is 48.5 Å². The van der Waals surface area contributed by atoms with Gasteiger partial charge in [0, 0.05) is 37.7 Å². The second-order valence-corrected chi connectivity index (χ2v) is 15.6. The number of ether oxygens (including phenoxy) is 2. The molecule has 0 spiro atoms. The van der Waals surface area contributed by atoms with Gasteiger partial charge >= 0.3 is 0 Å². The maximum absolute atomic E-state index is 14.5. The summed E-state index contributed by atoms with van der Waals surface area (Å²) in [6, 6.07) is 11.8. The molecule has 1 aliphatic rings. The van der Waals surface area contributed by atoms with Crippen LogP contribution in [0.4, 0.5) is 0 Å². The first-order valence-corrected chi connectivity index (χ1v) is 21.6. The van der Waals surface area contributed by atoms with Gasteiger partial charge in [0.2, 0.25) is 23.6 Å². The lowest BCUT2D eigenvalue weighted by molar-refractivity contribution is -0.141. The Balaban J connectivity index is 1.76. The van der Waals surface area contributed by atoms with E-state index in [2.05, 4.69) is 28.2 Å². The van der Waals surface area contributed by atoms with Crippen molar-refractivity contribution in [1.82, 2.24) is 26.2 Å². The molecular formula is C46H63N9O8. The van der Waals surface area contributed by atoms with E-state index in [1.807, 2.05) is 6.07 Å². The van der Waals surface area contributed by atoms with E-state index in [0.29, 0.717) is 33.8 Å². The second kappa shape index (κ2) is 25.0. The van der Waals surface area contributed by atoms with Crippen LogP contribution in [0.25, 0.3) is 11.1 Å². The fraction of sp³-hybridized carbons (Fsp3) is 0.478. The molecule has 17 heteroatoms. The van der Waals surface area contributed by atoms with Crippen LogP contribution >= 0.6 is 0 Å². The van der Waals surface area contributed by atoms with E-state index in [0.717, 1.165) is 36.1 Å². The normalized spacial score (nSPS) is 16.6. The van der Waals surface area contributed by atoms with E-state index < -0.39 is 53.7 Å². The fourth-order valence-corrected chi connectivity index (χ4v) is 7.40. The molecule has 0 fully saturated rings. The molecule has 0 radical (unpaired) electrons. The topological polar surface area (TPSA) is 277 Å². The number of benzene rings is 3. The van der Waals surface area contributed by atoms with Crippen LogP contribution < -0.4 is 47.9 Å². The van der Waals surface area contributed by atoms with Gasteiger partial charge in [-0.15, -0.1) is 0 Å². The van der Waals surface area contributed by atoms with Crippen molar-refractivity contribution >= 4 is 29.5 Å². The number of phenolic OH excluding ortho intramolecular Hbond substituents is 1. The molecule has 340 valence electrons. The number of hydrogen-bond acceptors (Lipinski definition) is 12. The van der Waals surface area contributed by atoms with Gasteiger partial charge in [0.1, 0.15) is 61.2 Å². The van der Waals surface area contributed by atoms with Crippen LogP contribution in [0, 0.1) is 11.3 Å². The first kappa shape index (κ1) is 49.4. The highest BCUT2D eigenvalue weighted by atomic mass is 16.5. The molecule has 0 aromatic heterocycles. The first-order chi connectivity index (χ1) is 30.4. The van der Waals surface area contributed by atoms with Crippen molar-refractivity contribution in [2.75, 3.05) is 46.4 Å². The number of phenols is 1. The highest BCUT2D eigenvalue weighted by Gasteiger charge is 2.36. The summed E-state index contributed by atoms with van der Waals surface area (Å²) in [6.07, 6.45) is 7.45. The fourth-order valence-electron chi connectivity index (χ4n) is 7.40. The largest absolute Gasteiger partial charge is 0.507 e. The average Bonchev–Trinajstić information content (AvgIpc) is 3.27. The third-order valence-electron chi connectivity index (χ3n) is 10.7. The summed E-state index contributed by atoms with van der Waals surface area (Å²) in [6.45, 7) is 3.96. The predicted octanol–water partition coefficient (Wildman–Crippen LogP) is 2.47. The molecule has 1 heterocycles. The number of nitrogens with two attached hydrogens (primary N) is 3. The summed E-state index contributed by atoms with van der Waals surface area (Å²) < 4.78 is 12.1. The van der Waals surface area contributed by atoms with Gasteiger partial charge in [-0.1, -0.05) is 57.2 Å². The number of rotatable bonds is 21. The van der Waals surface area contributed by atoms with Gasteiger partial charge in [0.25, 0.3) is 5.91 Å². The van der Waals surface area contributed by atoms with Crippen molar-refractivity contribution in [2.45, 2.75) is 95.8 Å². The van der Waals surface area contributed by atoms with E-state index >= 15 is 0 Å². The number of unbranched alkanes of at least 4 members (excludes halogenated alkanes) is 5. The van der Waals surface area contributed by atoms with Crippen molar-refractivity contribution in [1.29, 1.82) is 5.26 Å². The maximum atomic E-state index is 14.5. The predicted molar refractivity (Wildman–Crippen MR) is 238 cm³/mol. The molecule has 3 aromatic carbocycles. The summed E-state index contributed by atoms with van der Waals surface area (Å²) in [5, 5.41) is 30.7. The van der Waals surface area contributed by atoms with Gasteiger partial charge < -0.3 is 57.9 Å².